The molecule has 29 heavy (non-hydrogen) atoms. The second-order valence-electron chi connectivity index (χ2n) is 8.59. The van der Waals surface area contributed by atoms with E-state index in [1.54, 1.807) is 6.07 Å². The van der Waals surface area contributed by atoms with E-state index in [1.165, 1.54) is 16.8 Å². The van der Waals surface area contributed by atoms with Crippen LogP contribution in [0.15, 0.2) is 24.3 Å². The van der Waals surface area contributed by atoms with Gasteiger partial charge in [0.2, 0.25) is 11.8 Å². The molecule has 1 N–H and O–H groups in total. The third kappa shape index (κ3) is 5.16. The Morgan fingerprint density at radius 3 is 2.31 bits per heavy atom. The summed E-state index contributed by atoms with van der Waals surface area (Å²) in [5.41, 5.74) is 4.46. The van der Waals surface area contributed by atoms with Gasteiger partial charge in [-0.1, -0.05) is 38.5 Å². The number of rotatable bonds is 5. The molecule has 1 aliphatic heterocycles. The average Bonchev–Trinajstić information content (AvgIpc) is 2.66. The number of ether oxygens (including phenoxy) is 1. The van der Waals surface area contributed by atoms with Gasteiger partial charge in [-0.15, -0.1) is 0 Å². The van der Waals surface area contributed by atoms with E-state index in [0.29, 0.717) is 11.8 Å². The van der Waals surface area contributed by atoms with Crippen molar-refractivity contribution in [2.75, 3.05) is 42.6 Å². The van der Waals surface area contributed by atoms with Gasteiger partial charge in [-0.05, 0) is 25.5 Å². The highest BCUT2D eigenvalue weighted by Crippen LogP contribution is 2.27. The SMILES string of the molecule is Cc1ccc(N2CCN(c3nc(OCC(=O)O)cc(C(C)(C)C)n3)CC2)c(C)c1. The summed E-state index contributed by atoms with van der Waals surface area (Å²) in [5.74, 6) is -0.123. The second-order valence-corrected chi connectivity index (χ2v) is 8.59. The van der Waals surface area contributed by atoms with Crippen molar-refractivity contribution in [3.05, 3.63) is 41.1 Å². The van der Waals surface area contributed by atoms with Crippen LogP contribution in [0.4, 0.5) is 11.6 Å². The molecule has 7 heteroatoms. The molecule has 2 heterocycles. The Balaban J connectivity index is 1.78. The van der Waals surface area contributed by atoms with Crippen molar-refractivity contribution < 1.29 is 14.6 Å². The van der Waals surface area contributed by atoms with Crippen LogP contribution in [-0.2, 0) is 10.2 Å². The smallest absolute Gasteiger partial charge is 0.341 e. The van der Waals surface area contributed by atoms with Crippen LogP contribution in [0.5, 0.6) is 5.88 Å². The number of hydrogen-bond donors (Lipinski definition) is 1. The first kappa shape index (κ1) is 20.9. The zero-order chi connectivity index (χ0) is 21.2. The van der Waals surface area contributed by atoms with Crippen LogP contribution >= 0.6 is 0 Å². The molecule has 0 radical (unpaired) electrons. The number of hydrogen-bond acceptors (Lipinski definition) is 6. The largest absolute Gasteiger partial charge is 0.479 e. The minimum atomic E-state index is -1.02. The highest BCUT2D eigenvalue weighted by atomic mass is 16.5. The summed E-state index contributed by atoms with van der Waals surface area (Å²) in [7, 11) is 0. The molecule has 0 spiro atoms. The molecule has 1 saturated heterocycles. The van der Waals surface area contributed by atoms with Gasteiger partial charge in [0, 0.05) is 43.3 Å². The molecule has 0 amide bonds. The van der Waals surface area contributed by atoms with Crippen LogP contribution in [0, 0.1) is 13.8 Å². The van der Waals surface area contributed by atoms with E-state index >= 15 is 0 Å². The van der Waals surface area contributed by atoms with E-state index in [-0.39, 0.29) is 5.41 Å². The van der Waals surface area contributed by atoms with Crippen LogP contribution in [0.3, 0.4) is 0 Å². The lowest BCUT2D eigenvalue weighted by Gasteiger charge is -2.37. The zero-order valence-electron chi connectivity index (χ0n) is 17.9. The van der Waals surface area contributed by atoms with Gasteiger partial charge in [0.1, 0.15) is 0 Å². The lowest BCUT2D eigenvalue weighted by atomic mass is 9.92. The molecule has 2 aromatic rings. The Bertz CT molecular complexity index is 884. The first-order valence-electron chi connectivity index (χ1n) is 9.95. The Kier molecular flexibility index (Phi) is 5.96. The Hall–Kier alpha value is -2.83. The van der Waals surface area contributed by atoms with Crippen molar-refractivity contribution in [2.24, 2.45) is 0 Å². The quantitative estimate of drug-likeness (QED) is 0.829. The fraction of sp³-hybridized carbons (Fsp3) is 0.500. The first-order valence-corrected chi connectivity index (χ1v) is 9.95. The van der Waals surface area contributed by atoms with Gasteiger partial charge in [0.05, 0.1) is 5.69 Å². The van der Waals surface area contributed by atoms with E-state index in [2.05, 4.69) is 67.6 Å². The molecule has 1 fully saturated rings. The maximum absolute atomic E-state index is 10.9. The monoisotopic (exact) mass is 398 g/mol. The molecule has 0 saturated carbocycles. The molecule has 3 rings (SSSR count). The molecule has 1 aromatic heterocycles. The highest BCUT2D eigenvalue weighted by molar-refractivity contribution is 5.68. The zero-order valence-corrected chi connectivity index (χ0v) is 17.9. The van der Waals surface area contributed by atoms with Crippen molar-refractivity contribution in [1.82, 2.24) is 9.97 Å². The second kappa shape index (κ2) is 8.27. The minimum Gasteiger partial charge on any atom is -0.479 e. The van der Waals surface area contributed by atoms with Crippen LogP contribution in [-0.4, -0.2) is 53.8 Å². The average molecular weight is 399 g/mol. The minimum absolute atomic E-state index is 0.195. The van der Waals surface area contributed by atoms with Crippen molar-refractivity contribution in [1.29, 1.82) is 0 Å². The summed E-state index contributed by atoms with van der Waals surface area (Å²) in [6.45, 7) is 13.4. The molecule has 0 aliphatic carbocycles. The fourth-order valence-electron chi connectivity index (χ4n) is 3.46. The van der Waals surface area contributed by atoms with Gasteiger partial charge in [-0.25, -0.2) is 9.78 Å². The number of aliphatic carboxylic acids is 1. The van der Waals surface area contributed by atoms with E-state index in [0.717, 1.165) is 31.9 Å². The maximum atomic E-state index is 10.9. The molecule has 0 unspecified atom stereocenters. The third-order valence-corrected chi connectivity index (χ3v) is 5.06. The summed E-state index contributed by atoms with van der Waals surface area (Å²) >= 11 is 0. The summed E-state index contributed by atoms with van der Waals surface area (Å²) in [5, 5.41) is 8.91. The number of benzene rings is 1. The summed E-state index contributed by atoms with van der Waals surface area (Å²) in [4.78, 5) is 24.6. The van der Waals surface area contributed by atoms with Crippen molar-refractivity contribution in [2.45, 2.75) is 40.0 Å². The third-order valence-electron chi connectivity index (χ3n) is 5.06. The van der Waals surface area contributed by atoms with Gasteiger partial charge in [-0.2, -0.15) is 4.98 Å². The summed E-state index contributed by atoms with van der Waals surface area (Å²) in [6.07, 6.45) is 0. The fourth-order valence-corrected chi connectivity index (χ4v) is 3.46. The Morgan fingerprint density at radius 2 is 1.72 bits per heavy atom. The lowest BCUT2D eigenvalue weighted by molar-refractivity contribution is -0.139. The Morgan fingerprint density at radius 1 is 1.07 bits per heavy atom. The topological polar surface area (TPSA) is 78.8 Å². The van der Waals surface area contributed by atoms with Crippen molar-refractivity contribution in [3.63, 3.8) is 0 Å². The number of piperazine rings is 1. The molecule has 156 valence electrons. The number of carboxylic acid groups (broad SMARTS) is 1. The highest BCUT2D eigenvalue weighted by Gasteiger charge is 2.24. The normalized spacial score (nSPS) is 14.8. The molecule has 0 atom stereocenters. The number of aryl methyl sites for hydroxylation is 2. The standard InChI is InChI=1S/C22H30N4O3/c1-15-6-7-17(16(2)12-15)25-8-10-26(11-9-25)21-23-18(22(3,4)5)13-19(24-21)29-14-20(27)28/h6-7,12-13H,8-11,14H2,1-5H3,(H,27,28). The molecule has 0 bridgehead atoms. The molecular formula is C22H30N4O3. The Labute approximate surface area is 172 Å². The van der Waals surface area contributed by atoms with Crippen LogP contribution < -0.4 is 14.5 Å². The number of aromatic nitrogens is 2. The van der Waals surface area contributed by atoms with Gasteiger partial charge in [-0.3, -0.25) is 0 Å². The molecule has 7 nitrogen and oxygen atoms in total. The van der Waals surface area contributed by atoms with Crippen molar-refractivity contribution >= 4 is 17.6 Å². The number of nitrogens with zero attached hydrogens (tertiary/aromatic N) is 4. The first-order chi connectivity index (χ1) is 13.6. The van der Waals surface area contributed by atoms with Crippen LogP contribution in [0.1, 0.15) is 37.6 Å². The number of anilines is 2. The van der Waals surface area contributed by atoms with E-state index < -0.39 is 12.6 Å². The predicted octanol–water partition coefficient (Wildman–Crippen LogP) is 3.18. The van der Waals surface area contributed by atoms with Crippen molar-refractivity contribution in [3.8, 4) is 5.88 Å². The molecular weight excluding hydrogens is 368 g/mol. The van der Waals surface area contributed by atoms with Gasteiger partial charge < -0.3 is 19.6 Å². The van der Waals surface area contributed by atoms with E-state index in [9.17, 15) is 4.79 Å². The maximum Gasteiger partial charge on any atom is 0.341 e. The lowest BCUT2D eigenvalue weighted by Crippen LogP contribution is -2.47. The van der Waals surface area contributed by atoms with E-state index in [4.69, 9.17) is 14.8 Å². The van der Waals surface area contributed by atoms with Gasteiger partial charge >= 0.3 is 5.97 Å². The molecule has 1 aromatic carbocycles. The molecule has 1 aliphatic rings. The van der Waals surface area contributed by atoms with Crippen LogP contribution in [0.25, 0.3) is 0 Å². The van der Waals surface area contributed by atoms with Gasteiger partial charge in [0.25, 0.3) is 0 Å². The van der Waals surface area contributed by atoms with Gasteiger partial charge in [0.15, 0.2) is 6.61 Å². The van der Waals surface area contributed by atoms with Crippen LogP contribution in [0.2, 0.25) is 0 Å². The summed E-state index contributed by atoms with van der Waals surface area (Å²) in [6, 6.07) is 8.29. The van der Waals surface area contributed by atoms with E-state index in [1.807, 2.05) is 0 Å². The predicted molar refractivity (Wildman–Crippen MR) is 114 cm³/mol. The number of carboxylic acids is 1. The number of carbonyl (C=O) groups is 1. The summed E-state index contributed by atoms with van der Waals surface area (Å²) < 4.78 is 5.36.